The fourth-order valence-corrected chi connectivity index (χ4v) is 7.65. The van der Waals surface area contributed by atoms with Gasteiger partial charge in [-0.05, 0) is 101 Å². The number of nitrogens with two attached hydrogens (primary N) is 1. The number of benzene rings is 3. The zero-order valence-electron chi connectivity index (χ0n) is 41.4. The highest BCUT2D eigenvalue weighted by Crippen LogP contribution is 2.40. The number of rotatable bonds is 17. The van der Waals surface area contributed by atoms with Crippen LogP contribution in [0.15, 0.2) is 66.9 Å². The largest absolute Gasteiger partial charge is 0.492 e. The van der Waals surface area contributed by atoms with Gasteiger partial charge in [-0.1, -0.05) is 57.2 Å². The van der Waals surface area contributed by atoms with Crippen LogP contribution in [0.1, 0.15) is 72.9 Å². The van der Waals surface area contributed by atoms with Crippen molar-refractivity contribution in [2.75, 3.05) is 74.6 Å². The molecule has 6 N–H and O–H groups in total. The van der Waals surface area contributed by atoms with E-state index in [0.717, 1.165) is 11.1 Å². The van der Waals surface area contributed by atoms with Crippen molar-refractivity contribution in [3.8, 4) is 40.1 Å². The van der Waals surface area contributed by atoms with Gasteiger partial charge in [0, 0.05) is 49.4 Å². The first-order valence-corrected chi connectivity index (χ1v) is 23.0. The fourth-order valence-electron chi connectivity index (χ4n) is 7.65. The van der Waals surface area contributed by atoms with Crippen LogP contribution in [0.5, 0.6) is 11.5 Å². The summed E-state index contributed by atoms with van der Waals surface area (Å²) >= 11 is 0. The van der Waals surface area contributed by atoms with E-state index in [2.05, 4.69) is 52.0 Å². The number of carbonyl (C=O) groups is 5. The molecular formula is C51H67N11O7. The second kappa shape index (κ2) is 23.9. The Bertz CT molecular complexity index is 2520. The molecule has 4 bridgehead atoms. The number of nitriles is 1. The third-order valence-electron chi connectivity index (χ3n) is 11.7. The van der Waals surface area contributed by atoms with Gasteiger partial charge in [-0.3, -0.25) is 24.0 Å². The van der Waals surface area contributed by atoms with Crippen molar-refractivity contribution in [3.63, 3.8) is 0 Å². The van der Waals surface area contributed by atoms with Crippen LogP contribution < -0.4 is 36.5 Å². The Hall–Kier alpha value is -6.94. The number of amides is 5. The van der Waals surface area contributed by atoms with Gasteiger partial charge in [-0.15, -0.1) is 0 Å². The lowest BCUT2D eigenvalue weighted by atomic mass is 9.87. The minimum absolute atomic E-state index is 0.0107. The molecule has 69 heavy (non-hydrogen) atoms. The lowest BCUT2D eigenvalue weighted by molar-refractivity contribution is -0.141. The van der Waals surface area contributed by atoms with Crippen molar-refractivity contribution >= 4 is 29.5 Å². The van der Waals surface area contributed by atoms with E-state index in [1.165, 1.54) is 25.1 Å². The molecule has 0 saturated carbocycles. The molecule has 368 valence electrons. The normalized spacial score (nSPS) is 16.6. The van der Waals surface area contributed by atoms with Crippen LogP contribution in [-0.2, 0) is 31.0 Å². The summed E-state index contributed by atoms with van der Waals surface area (Å²) in [4.78, 5) is 85.1. The van der Waals surface area contributed by atoms with Crippen molar-refractivity contribution in [1.29, 1.82) is 5.26 Å². The molecule has 18 heteroatoms. The third kappa shape index (κ3) is 14.1. The fraction of sp³-hybridized carbons (Fsp3) is 0.451. The number of aromatic nitrogens is 2. The van der Waals surface area contributed by atoms with E-state index in [9.17, 15) is 29.2 Å². The lowest BCUT2D eigenvalue weighted by Gasteiger charge is -2.32. The number of hydrogen-bond donors (Lipinski definition) is 5. The van der Waals surface area contributed by atoms with Crippen LogP contribution in [0.4, 0.5) is 0 Å². The highest BCUT2D eigenvalue weighted by Gasteiger charge is 2.36. The number of ether oxygens (including phenoxy) is 2. The average molecular weight is 946 g/mol. The summed E-state index contributed by atoms with van der Waals surface area (Å²) < 4.78 is 12.8. The van der Waals surface area contributed by atoms with E-state index in [1.54, 1.807) is 37.3 Å². The molecule has 4 aromatic rings. The number of nitrogens with zero attached hydrogens (tertiary/aromatic N) is 6. The van der Waals surface area contributed by atoms with Crippen molar-refractivity contribution in [2.24, 2.45) is 5.73 Å². The van der Waals surface area contributed by atoms with Gasteiger partial charge in [0.2, 0.25) is 23.6 Å². The molecule has 4 unspecified atom stereocenters. The van der Waals surface area contributed by atoms with Crippen molar-refractivity contribution < 1.29 is 33.4 Å². The molecule has 0 spiro atoms. The van der Waals surface area contributed by atoms with Gasteiger partial charge >= 0.3 is 0 Å². The molecule has 1 aliphatic heterocycles. The summed E-state index contributed by atoms with van der Waals surface area (Å²) in [5, 5.41) is 20.1. The number of nitrogens with one attached hydrogen (secondary N) is 4. The summed E-state index contributed by atoms with van der Waals surface area (Å²) in [7, 11) is 9.15. The summed E-state index contributed by atoms with van der Waals surface area (Å²) in [5.41, 5.74) is 10.6. The molecule has 18 nitrogen and oxygen atoms in total. The Morgan fingerprint density at radius 1 is 0.899 bits per heavy atom. The van der Waals surface area contributed by atoms with Crippen LogP contribution >= 0.6 is 0 Å². The first kappa shape index (κ1) is 53.0. The predicted octanol–water partition coefficient (Wildman–Crippen LogP) is 3.13. The van der Waals surface area contributed by atoms with Gasteiger partial charge < -0.3 is 51.2 Å². The Kier molecular flexibility index (Phi) is 18.3. The van der Waals surface area contributed by atoms with Gasteiger partial charge in [0.05, 0.1) is 17.3 Å². The SMILES string of the molecule is Cc1nc(-c2ccc(C(C)(C)C)cc2)ncc1C(=O)NC(CCN)C(=O)N(C)C1C(=O)NC(C)C(=O)NC(C(=O)NCC#N)Cc2ccc(OCCN(C)C)c(c2)-c2cc1ccc2OCCN(C)C. The second-order valence-electron chi connectivity index (χ2n) is 18.7. The standard InChI is InChI=1S/C51H67N11O7/c1-31-39(30-55-45(56-31)34-12-15-36(16-13-34)51(3,4)5)47(64)58-40(19-20-52)50(67)62(10)44-35-14-18-43(69-26-24-61(8)9)38(29-35)37-27-33(11-17-42(37)68-25-23-60(6)7)28-41(48(65)54-22-21-53)59-46(63)32(2)57-49(44)66/h11-18,27,29-30,32,40-41,44H,19-20,22-26,28,52H2,1-10H3,(H,54,65)(H,57,66)(H,58,64)(H,59,63). The Morgan fingerprint density at radius 2 is 1.52 bits per heavy atom. The van der Waals surface area contributed by atoms with Crippen LogP contribution in [0.25, 0.3) is 22.5 Å². The van der Waals surface area contributed by atoms with Crippen LogP contribution in [0.3, 0.4) is 0 Å². The molecule has 5 amide bonds. The minimum atomic E-state index is -1.38. The zero-order chi connectivity index (χ0) is 50.6. The average Bonchev–Trinajstić information content (AvgIpc) is 3.30. The maximum atomic E-state index is 14.8. The van der Waals surface area contributed by atoms with E-state index in [4.69, 9.17) is 15.2 Å². The first-order chi connectivity index (χ1) is 32.7. The number of hydrogen-bond acceptors (Lipinski definition) is 13. The van der Waals surface area contributed by atoms with E-state index in [-0.39, 0.29) is 36.9 Å². The molecule has 0 saturated heterocycles. The third-order valence-corrected chi connectivity index (χ3v) is 11.7. The predicted molar refractivity (Wildman–Crippen MR) is 263 cm³/mol. The maximum absolute atomic E-state index is 14.8. The smallest absolute Gasteiger partial charge is 0.255 e. The highest BCUT2D eigenvalue weighted by atomic mass is 16.5. The summed E-state index contributed by atoms with van der Waals surface area (Å²) in [5.74, 6) is -1.89. The molecular weight excluding hydrogens is 879 g/mol. The van der Waals surface area contributed by atoms with Gasteiger partial charge in [-0.25, -0.2) is 9.97 Å². The Balaban J connectivity index is 1.58. The topological polar surface area (TPSA) is 237 Å². The minimum Gasteiger partial charge on any atom is -0.492 e. The first-order valence-electron chi connectivity index (χ1n) is 23.0. The Labute approximate surface area is 405 Å². The molecule has 5 rings (SSSR count). The monoisotopic (exact) mass is 946 g/mol. The van der Waals surface area contributed by atoms with Crippen molar-refractivity contribution in [1.82, 2.24) is 45.9 Å². The van der Waals surface area contributed by atoms with E-state index < -0.39 is 53.7 Å². The molecule has 1 aromatic heterocycles. The van der Waals surface area contributed by atoms with E-state index >= 15 is 0 Å². The molecule has 0 aliphatic carbocycles. The van der Waals surface area contributed by atoms with Crippen LogP contribution in [-0.4, -0.2) is 147 Å². The summed E-state index contributed by atoms with van der Waals surface area (Å²) in [6.45, 7) is 11.1. The van der Waals surface area contributed by atoms with Gasteiger partial charge in [0.15, 0.2) is 5.82 Å². The highest BCUT2D eigenvalue weighted by molar-refractivity contribution is 6.00. The zero-order valence-corrected chi connectivity index (χ0v) is 41.4. The molecule has 2 heterocycles. The van der Waals surface area contributed by atoms with E-state index in [0.29, 0.717) is 71.6 Å². The number of carbonyl (C=O) groups excluding carboxylic acids is 5. The van der Waals surface area contributed by atoms with E-state index in [1.807, 2.05) is 74.4 Å². The Morgan fingerprint density at radius 3 is 2.10 bits per heavy atom. The van der Waals surface area contributed by atoms with Gasteiger partial charge in [-0.2, -0.15) is 5.26 Å². The molecule has 0 fully saturated rings. The number of aryl methyl sites for hydroxylation is 1. The van der Waals surface area contributed by atoms with Gasteiger partial charge in [0.1, 0.15) is 55.4 Å². The maximum Gasteiger partial charge on any atom is 0.255 e. The molecule has 0 radical (unpaired) electrons. The van der Waals surface area contributed by atoms with Crippen LogP contribution in [0.2, 0.25) is 0 Å². The number of fused-ring (bicyclic) bond motifs is 5. The van der Waals surface area contributed by atoms with Crippen molar-refractivity contribution in [2.45, 2.75) is 77.0 Å². The quantitative estimate of drug-likeness (QED) is 0.0959. The summed E-state index contributed by atoms with van der Waals surface area (Å²) in [6, 6.07) is 15.5. The van der Waals surface area contributed by atoms with Crippen LogP contribution in [0, 0.1) is 18.3 Å². The molecule has 3 aromatic carbocycles. The second-order valence-corrected chi connectivity index (χ2v) is 18.7. The lowest BCUT2D eigenvalue weighted by Crippen LogP contribution is -2.56. The van der Waals surface area contributed by atoms with Crippen molar-refractivity contribution in [3.05, 3.63) is 94.8 Å². The van der Waals surface area contributed by atoms with Gasteiger partial charge in [0.25, 0.3) is 5.91 Å². The summed E-state index contributed by atoms with van der Waals surface area (Å²) in [6.07, 6.45) is 1.46. The molecule has 4 atom stereocenters. The molecule has 1 aliphatic rings. The number of likely N-dealkylation sites (N-methyl/N-ethyl adjacent to an activating group) is 3.